The van der Waals surface area contributed by atoms with E-state index in [1.165, 1.54) is 30.6 Å². The second-order valence-electron chi connectivity index (χ2n) is 7.14. The quantitative estimate of drug-likeness (QED) is 0.818. The van der Waals surface area contributed by atoms with E-state index in [4.69, 9.17) is 0 Å². The van der Waals surface area contributed by atoms with Crippen LogP contribution < -0.4 is 5.32 Å². The zero-order chi connectivity index (χ0) is 15.0. The average Bonchev–Trinajstić information content (AvgIpc) is 3.36. The molecule has 2 amide bonds. The van der Waals surface area contributed by atoms with Gasteiger partial charge in [-0.05, 0) is 55.8 Å². The molecule has 1 saturated heterocycles. The smallest absolute Gasteiger partial charge is 0.326 e. The van der Waals surface area contributed by atoms with Gasteiger partial charge in [-0.15, -0.1) is 0 Å². The summed E-state index contributed by atoms with van der Waals surface area (Å²) in [6.45, 7) is 3.39. The van der Waals surface area contributed by atoms with Crippen LogP contribution in [0.1, 0.15) is 51.9 Å². The molecule has 1 heterocycles. The van der Waals surface area contributed by atoms with E-state index in [9.17, 15) is 14.7 Å². The lowest BCUT2D eigenvalue weighted by Gasteiger charge is -2.37. The van der Waals surface area contributed by atoms with Crippen LogP contribution in [-0.2, 0) is 4.79 Å². The summed E-state index contributed by atoms with van der Waals surface area (Å²) in [5.41, 5.74) is 0.357. The highest BCUT2D eigenvalue weighted by molar-refractivity contribution is 5.83. The maximum Gasteiger partial charge on any atom is 0.326 e. The molecule has 21 heavy (non-hydrogen) atoms. The zero-order valence-corrected chi connectivity index (χ0v) is 12.8. The molecular formula is C16H26N2O3. The van der Waals surface area contributed by atoms with Gasteiger partial charge in [-0.25, -0.2) is 9.59 Å². The number of amides is 2. The first-order chi connectivity index (χ1) is 10.1. The van der Waals surface area contributed by atoms with Crippen molar-refractivity contribution in [2.75, 3.05) is 13.1 Å². The van der Waals surface area contributed by atoms with Crippen molar-refractivity contribution in [1.82, 2.24) is 10.2 Å². The van der Waals surface area contributed by atoms with Crippen LogP contribution in [0.25, 0.3) is 0 Å². The van der Waals surface area contributed by atoms with Gasteiger partial charge in [0, 0.05) is 13.1 Å². The number of rotatable bonds is 5. The number of carboxylic acids is 1. The molecule has 1 aliphatic heterocycles. The van der Waals surface area contributed by atoms with E-state index in [-0.39, 0.29) is 6.03 Å². The predicted octanol–water partition coefficient (Wildman–Crippen LogP) is 2.46. The maximum absolute atomic E-state index is 12.4. The third-order valence-electron chi connectivity index (χ3n) is 5.76. The van der Waals surface area contributed by atoms with Gasteiger partial charge in [-0.3, -0.25) is 0 Å². The summed E-state index contributed by atoms with van der Waals surface area (Å²) in [4.78, 5) is 25.4. The summed E-state index contributed by atoms with van der Waals surface area (Å²) in [5, 5.41) is 12.4. The van der Waals surface area contributed by atoms with Crippen LogP contribution in [0.5, 0.6) is 0 Å². The molecule has 2 unspecified atom stereocenters. The fourth-order valence-corrected chi connectivity index (χ4v) is 3.83. The van der Waals surface area contributed by atoms with Crippen molar-refractivity contribution in [1.29, 1.82) is 0 Å². The number of piperidine rings is 1. The topological polar surface area (TPSA) is 69.6 Å². The Morgan fingerprint density at radius 3 is 2.52 bits per heavy atom. The number of likely N-dealkylation sites (tertiary alicyclic amines) is 1. The number of nitrogens with one attached hydrogen (secondary N) is 1. The first-order valence-electron chi connectivity index (χ1n) is 8.33. The van der Waals surface area contributed by atoms with Gasteiger partial charge >= 0.3 is 12.0 Å². The first-order valence-corrected chi connectivity index (χ1v) is 8.33. The van der Waals surface area contributed by atoms with E-state index in [0.717, 1.165) is 25.3 Å². The van der Waals surface area contributed by atoms with E-state index in [1.807, 2.05) is 0 Å². The monoisotopic (exact) mass is 294 g/mol. The van der Waals surface area contributed by atoms with Crippen LogP contribution in [0.2, 0.25) is 0 Å². The Morgan fingerprint density at radius 1 is 1.29 bits per heavy atom. The second kappa shape index (κ2) is 5.50. The molecule has 118 valence electrons. The van der Waals surface area contributed by atoms with Crippen molar-refractivity contribution in [2.24, 2.45) is 17.3 Å². The predicted molar refractivity (Wildman–Crippen MR) is 78.9 cm³/mol. The molecule has 0 bridgehead atoms. The van der Waals surface area contributed by atoms with Crippen molar-refractivity contribution < 1.29 is 14.7 Å². The molecule has 2 saturated carbocycles. The van der Waals surface area contributed by atoms with E-state index in [2.05, 4.69) is 12.2 Å². The summed E-state index contributed by atoms with van der Waals surface area (Å²) in [6.07, 6.45) is 7.54. The Hall–Kier alpha value is -1.26. The van der Waals surface area contributed by atoms with Gasteiger partial charge in [-0.1, -0.05) is 13.3 Å². The highest BCUT2D eigenvalue weighted by Crippen LogP contribution is 2.60. The Balaban J connectivity index is 1.56. The highest BCUT2D eigenvalue weighted by Gasteiger charge is 2.53. The number of aliphatic carboxylic acids is 1. The van der Waals surface area contributed by atoms with E-state index in [1.54, 1.807) is 0 Å². The number of hydrogen-bond acceptors (Lipinski definition) is 2. The van der Waals surface area contributed by atoms with Crippen molar-refractivity contribution in [3.8, 4) is 0 Å². The molecule has 2 aliphatic carbocycles. The summed E-state index contributed by atoms with van der Waals surface area (Å²) < 4.78 is 0. The number of urea groups is 1. The minimum Gasteiger partial charge on any atom is -0.480 e. The lowest BCUT2D eigenvalue weighted by molar-refractivity contribution is -0.144. The van der Waals surface area contributed by atoms with Gasteiger partial charge in [0.05, 0.1) is 0 Å². The van der Waals surface area contributed by atoms with Crippen LogP contribution in [0, 0.1) is 17.3 Å². The fraction of sp³-hybridized carbons (Fsp3) is 0.875. The SMILES string of the molecule is CCC1CCN(C(=O)NCC2(C3CC3)CC2)C(C(=O)O)C1. The molecule has 0 aromatic heterocycles. The van der Waals surface area contributed by atoms with Gasteiger partial charge in [0.25, 0.3) is 0 Å². The summed E-state index contributed by atoms with van der Waals surface area (Å²) in [6, 6.07) is -0.830. The van der Waals surface area contributed by atoms with E-state index < -0.39 is 12.0 Å². The van der Waals surface area contributed by atoms with E-state index in [0.29, 0.717) is 24.3 Å². The zero-order valence-electron chi connectivity index (χ0n) is 12.8. The minimum atomic E-state index is -0.869. The van der Waals surface area contributed by atoms with Crippen molar-refractivity contribution in [2.45, 2.75) is 57.9 Å². The third-order valence-corrected chi connectivity index (χ3v) is 5.76. The summed E-state index contributed by atoms with van der Waals surface area (Å²) in [5.74, 6) is 0.363. The van der Waals surface area contributed by atoms with Crippen LogP contribution in [0.4, 0.5) is 4.79 Å². The Morgan fingerprint density at radius 2 is 2.00 bits per heavy atom. The molecular weight excluding hydrogens is 268 g/mol. The van der Waals surface area contributed by atoms with Crippen LogP contribution in [0.3, 0.4) is 0 Å². The number of nitrogens with zero attached hydrogens (tertiary/aromatic N) is 1. The molecule has 2 atom stereocenters. The van der Waals surface area contributed by atoms with Crippen LogP contribution in [0.15, 0.2) is 0 Å². The highest BCUT2D eigenvalue weighted by atomic mass is 16.4. The average molecular weight is 294 g/mol. The van der Waals surface area contributed by atoms with Crippen molar-refractivity contribution >= 4 is 12.0 Å². The molecule has 3 rings (SSSR count). The number of carbonyl (C=O) groups is 2. The molecule has 3 fully saturated rings. The molecule has 0 spiro atoms. The summed E-state index contributed by atoms with van der Waals surface area (Å²) >= 11 is 0. The number of carboxylic acid groups (broad SMARTS) is 1. The normalized spacial score (nSPS) is 30.8. The van der Waals surface area contributed by atoms with E-state index >= 15 is 0 Å². The molecule has 5 heteroatoms. The lowest BCUT2D eigenvalue weighted by Crippen LogP contribution is -2.54. The minimum absolute atomic E-state index is 0.177. The Bertz CT molecular complexity index is 429. The Labute approximate surface area is 126 Å². The maximum atomic E-state index is 12.4. The largest absolute Gasteiger partial charge is 0.480 e. The molecule has 3 aliphatic rings. The molecule has 0 aromatic carbocycles. The van der Waals surface area contributed by atoms with Gasteiger partial charge in [0.1, 0.15) is 6.04 Å². The van der Waals surface area contributed by atoms with Crippen molar-refractivity contribution in [3.63, 3.8) is 0 Å². The molecule has 5 nitrogen and oxygen atoms in total. The van der Waals surface area contributed by atoms with Crippen molar-refractivity contribution in [3.05, 3.63) is 0 Å². The third kappa shape index (κ3) is 3.01. The Kier molecular flexibility index (Phi) is 3.84. The number of hydrogen-bond donors (Lipinski definition) is 2. The molecule has 0 aromatic rings. The lowest BCUT2D eigenvalue weighted by atomic mass is 9.89. The standard InChI is InChI=1S/C16H26N2O3/c1-2-11-5-8-18(13(9-11)14(19)20)15(21)17-10-16(6-7-16)12-3-4-12/h11-13H,2-10H2,1H3,(H,17,21)(H,19,20). The molecule has 2 N–H and O–H groups in total. The summed E-state index contributed by atoms with van der Waals surface area (Å²) in [7, 11) is 0. The first kappa shape index (κ1) is 14.7. The second-order valence-corrected chi connectivity index (χ2v) is 7.14. The number of carbonyl (C=O) groups excluding carboxylic acids is 1. The van der Waals surface area contributed by atoms with Gasteiger partial charge in [-0.2, -0.15) is 0 Å². The van der Waals surface area contributed by atoms with Crippen LogP contribution >= 0.6 is 0 Å². The van der Waals surface area contributed by atoms with Gasteiger partial charge in [0.2, 0.25) is 0 Å². The van der Waals surface area contributed by atoms with Crippen LogP contribution in [-0.4, -0.2) is 41.1 Å². The van der Waals surface area contributed by atoms with Gasteiger partial charge in [0.15, 0.2) is 0 Å². The fourth-order valence-electron chi connectivity index (χ4n) is 3.83. The molecule has 0 radical (unpaired) electrons. The van der Waals surface area contributed by atoms with Gasteiger partial charge < -0.3 is 15.3 Å².